The van der Waals surface area contributed by atoms with Crippen molar-refractivity contribution in [2.24, 2.45) is 0 Å². The Morgan fingerprint density at radius 1 is 1.35 bits per heavy atom. The zero-order chi connectivity index (χ0) is 17.2. The van der Waals surface area contributed by atoms with Crippen molar-refractivity contribution in [2.45, 2.75) is 43.7 Å². The van der Waals surface area contributed by atoms with Crippen molar-refractivity contribution in [3.63, 3.8) is 0 Å². The molecule has 0 radical (unpaired) electrons. The monoisotopic (exact) mass is 339 g/mol. The molecule has 6 nitrogen and oxygen atoms in total. The molecule has 1 heterocycles. The van der Waals surface area contributed by atoms with Gasteiger partial charge in [-0.05, 0) is 44.9 Å². The Morgan fingerprint density at radius 2 is 2.04 bits per heavy atom. The Hall–Kier alpha value is -1.89. The first-order valence-corrected chi connectivity index (χ1v) is 8.27. The van der Waals surface area contributed by atoms with Gasteiger partial charge in [0.15, 0.2) is 0 Å². The Morgan fingerprint density at radius 3 is 2.61 bits per heavy atom. The molecule has 0 spiro atoms. The lowest BCUT2D eigenvalue weighted by Gasteiger charge is -2.28. The van der Waals surface area contributed by atoms with Crippen molar-refractivity contribution in [2.75, 3.05) is 12.9 Å². The van der Waals surface area contributed by atoms with Crippen LogP contribution in [0.4, 0.5) is 4.79 Å². The normalized spacial score (nSPS) is 17.1. The van der Waals surface area contributed by atoms with E-state index in [1.807, 2.05) is 0 Å². The Bertz CT molecular complexity index is 624. The van der Waals surface area contributed by atoms with Crippen LogP contribution in [0.2, 0.25) is 0 Å². The lowest BCUT2D eigenvalue weighted by atomic mass is 10.0. The maximum Gasteiger partial charge on any atom is 0.408 e. The van der Waals surface area contributed by atoms with E-state index in [4.69, 9.17) is 9.47 Å². The molecule has 2 N–H and O–H groups in total. The highest BCUT2D eigenvalue weighted by atomic mass is 32.2. The highest BCUT2D eigenvalue weighted by Gasteiger charge is 2.27. The van der Waals surface area contributed by atoms with Gasteiger partial charge in [0.05, 0.1) is 13.2 Å². The third-order valence-corrected chi connectivity index (χ3v) is 4.40. The molecule has 1 aromatic carbocycles. The molecule has 0 fully saturated rings. The smallest absolute Gasteiger partial charge is 0.408 e. The van der Waals surface area contributed by atoms with Crippen LogP contribution in [0.5, 0.6) is 5.75 Å². The lowest BCUT2D eigenvalue weighted by Crippen LogP contribution is -2.36. The average molecular weight is 339 g/mol. The number of thioether (sulfide) groups is 1. The van der Waals surface area contributed by atoms with Gasteiger partial charge in [0.2, 0.25) is 0 Å². The highest BCUT2D eigenvalue weighted by Crippen LogP contribution is 2.40. The van der Waals surface area contributed by atoms with Crippen molar-refractivity contribution in [3.05, 3.63) is 23.3 Å². The molecule has 0 aliphatic carbocycles. The largest absolute Gasteiger partial charge is 0.496 e. The molecule has 1 amide bonds. The summed E-state index contributed by atoms with van der Waals surface area (Å²) in [7, 11) is 1.43. The Labute approximate surface area is 139 Å². The molecule has 1 aliphatic heterocycles. The molecule has 2 rings (SSSR count). The first kappa shape index (κ1) is 17.5. The van der Waals surface area contributed by atoms with E-state index in [0.717, 1.165) is 22.6 Å². The summed E-state index contributed by atoms with van der Waals surface area (Å²) in [4.78, 5) is 24.1. The van der Waals surface area contributed by atoms with Crippen LogP contribution < -0.4 is 10.1 Å². The molecule has 1 aliphatic rings. The van der Waals surface area contributed by atoms with E-state index in [1.165, 1.54) is 7.11 Å². The van der Waals surface area contributed by atoms with Gasteiger partial charge in [-0.1, -0.05) is 0 Å². The van der Waals surface area contributed by atoms with Crippen LogP contribution in [0, 0.1) is 0 Å². The second-order valence-electron chi connectivity index (χ2n) is 6.23. The van der Waals surface area contributed by atoms with E-state index < -0.39 is 17.7 Å². The van der Waals surface area contributed by atoms with Gasteiger partial charge in [-0.3, -0.25) is 0 Å². The number of rotatable bonds is 3. The van der Waals surface area contributed by atoms with Crippen molar-refractivity contribution in [3.8, 4) is 5.75 Å². The zero-order valence-corrected chi connectivity index (χ0v) is 14.5. The minimum absolute atomic E-state index is 0.122. The van der Waals surface area contributed by atoms with Crippen molar-refractivity contribution in [1.82, 2.24) is 5.32 Å². The van der Waals surface area contributed by atoms with Gasteiger partial charge in [0.25, 0.3) is 0 Å². The maximum absolute atomic E-state index is 12.0. The van der Waals surface area contributed by atoms with Crippen molar-refractivity contribution in [1.29, 1.82) is 0 Å². The van der Waals surface area contributed by atoms with Crippen molar-refractivity contribution < 1.29 is 24.2 Å². The fraction of sp³-hybridized carbons (Fsp3) is 0.500. The maximum atomic E-state index is 12.0. The third-order valence-electron chi connectivity index (χ3n) is 3.29. The standard InChI is InChI=1S/C16H21NO5S/c1-16(2,3)22-15(20)17-11-5-6-23-13-8-10(14(18)19)12(21-4)7-9(11)13/h7-8,11H,5-6H2,1-4H3,(H,17,20)(H,18,19). The van der Waals surface area contributed by atoms with E-state index in [0.29, 0.717) is 0 Å². The first-order valence-electron chi connectivity index (χ1n) is 7.29. The van der Waals surface area contributed by atoms with Gasteiger partial charge in [0, 0.05) is 10.6 Å². The Kier molecular flexibility index (Phi) is 5.09. The van der Waals surface area contributed by atoms with E-state index >= 15 is 0 Å². The fourth-order valence-electron chi connectivity index (χ4n) is 2.35. The van der Waals surface area contributed by atoms with Crippen molar-refractivity contribution >= 4 is 23.8 Å². The van der Waals surface area contributed by atoms with Crippen LogP contribution in [0.1, 0.15) is 49.2 Å². The number of carbonyl (C=O) groups is 2. The number of alkyl carbamates (subject to hydrolysis) is 1. The molecular weight excluding hydrogens is 318 g/mol. The number of methoxy groups -OCH3 is 1. The fourth-order valence-corrected chi connectivity index (χ4v) is 3.49. The molecule has 7 heteroatoms. The predicted octanol–water partition coefficient (Wildman–Crippen LogP) is 3.46. The number of aromatic carboxylic acids is 1. The topological polar surface area (TPSA) is 84.9 Å². The summed E-state index contributed by atoms with van der Waals surface area (Å²) in [6, 6.07) is 3.06. The van der Waals surface area contributed by atoms with Crippen LogP contribution in [-0.4, -0.2) is 35.6 Å². The van der Waals surface area contributed by atoms with Crippen LogP contribution in [0.3, 0.4) is 0 Å². The molecule has 1 unspecified atom stereocenters. The van der Waals surface area contributed by atoms with Crippen LogP contribution in [0.15, 0.2) is 17.0 Å². The minimum atomic E-state index is -1.03. The van der Waals surface area contributed by atoms with E-state index in [9.17, 15) is 14.7 Å². The molecule has 0 saturated heterocycles. The average Bonchev–Trinajstić information content (AvgIpc) is 2.44. The number of nitrogens with one attached hydrogen (secondary N) is 1. The number of ether oxygens (including phenoxy) is 2. The molecule has 0 saturated carbocycles. The molecule has 23 heavy (non-hydrogen) atoms. The summed E-state index contributed by atoms with van der Waals surface area (Å²) in [5, 5.41) is 12.1. The number of benzene rings is 1. The molecule has 0 bridgehead atoms. The number of fused-ring (bicyclic) bond motifs is 1. The Balaban J connectivity index is 2.28. The van der Waals surface area contributed by atoms with E-state index in [-0.39, 0.29) is 17.4 Å². The molecule has 0 aromatic heterocycles. The molecule has 126 valence electrons. The summed E-state index contributed by atoms with van der Waals surface area (Å²) >= 11 is 1.57. The summed E-state index contributed by atoms with van der Waals surface area (Å²) < 4.78 is 10.5. The van der Waals surface area contributed by atoms with Gasteiger partial charge in [-0.2, -0.15) is 0 Å². The lowest BCUT2D eigenvalue weighted by molar-refractivity contribution is 0.0500. The summed E-state index contributed by atoms with van der Waals surface area (Å²) in [5.41, 5.74) is 0.409. The summed E-state index contributed by atoms with van der Waals surface area (Å²) in [5.74, 6) is 0.0426. The zero-order valence-electron chi connectivity index (χ0n) is 13.6. The van der Waals surface area contributed by atoms with Gasteiger partial charge in [-0.25, -0.2) is 9.59 Å². The SMILES string of the molecule is COc1cc2c(cc1C(=O)O)SCCC2NC(=O)OC(C)(C)C. The van der Waals surface area contributed by atoms with Crippen LogP contribution in [0.25, 0.3) is 0 Å². The number of carboxylic acids is 1. The second kappa shape index (κ2) is 6.70. The second-order valence-corrected chi connectivity index (χ2v) is 7.37. The predicted molar refractivity (Wildman–Crippen MR) is 87.4 cm³/mol. The van der Waals surface area contributed by atoms with Gasteiger partial charge >= 0.3 is 12.1 Å². The minimum Gasteiger partial charge on any atom is -0.496 e. The van der Waals surface area contributed by atoms with E-state index in [2.05, 4.69) is 5.32 Å². The van der Waals surface area contributed by atoms with Crippen LogP contribution in [-0.2, 0) is 4.74 Å². The van der Waals surface area contributed by atoms with E-state index in [1.54, 1.807) is 44.7 Å². The molecule has 1 atom stereocenters. The number of carboxylic acid groups (broad SMARTS) is 1. The molecule has 1 aromatic rings. The number of carbonyl (C=O) groups excluding carboxylic acids is 1. The number of hydrogen-bond donors (Lipinski definition) is 2. The highest BCUT2D eigenvalue weighted by molar-refractivity contribution is 7.99. The molecular formula is C16H21NO5S. The van der Waals surface area contributed by atoms with Gasteiger partial charge in [-0.15, -0.1) is 11.8 Å². The quantitative estimate of drug-likeness (QED) is 0.877. The van der Waals surface area contributed by atoms with Gasteiger partial charge in [0.1, 0.15) is 16.9 Å². The van der Waals surface area contributed by atoms with Crippen LogP contribution >= 0.6 is 11.8 Å². The number of hydrogen-bond acceptors (Lipinski definition) is 5. The summed E-state index contributed by atoms with van der Waals surface area (Å²) in [6.45, 7) is 5.41. The first-order chi connectivity index (χ1) is 10.7. The summed E-state index contributed by atoms with van der Waals surface area (Å²) in [6.07, 6.45) is 0.258. The number of amides is 1. The van der Waals surface area contributed by atoms with Gasteiger partial charge < -0.3 is 19.9 Å². The third kappa shape index (κ3) is 4.31.